The molecule has 5 rings (SSSR count). The first kappa shape index (κ1) is 20.3. The molecule has 9 heteroatoms. The van der Waals surface area contributed by atoms with Crippen LogP contribution in [0.15, 0.2) is 65.9 Å². The summed E-state index contributed by atoms with van der Waals surface area (Å²) in [5.41, 5.74) is 2.67. The summed E-state index contributed by atoms with van der Waals surface area (Å²) >= 11 is 0. The van der Waals surface area contributed by atoms with Gasteiger partial charge in [0.2, 0.25) is 5.95 Å². The predicted octanol–water partition coefficient (Wildman–Crippen LogP) is 4.72. The van der Waals surface area contributed by atoms with Crippen LogP contribution in [0.5, 0.6) is 5.75 Å². The van der Waals surface area contributed by atoms with Gasteiger partial charge in [0.25, 0.3) is 5.82 Å². The predicted molar refractivity (Wildman–Crippen MR) is 110 cm³/mol. The van der Waals surface area contributed by atoms with Crippen LogP contribution in [0.1, 0.15) is 41.8 Å². The molecule has 3 aromatic rings. The van der Waals surface area contributed by atoms with Crippen molar-refractivity contribution in [1.82, 2.24) is 14.8 Å². The first-order chi connectivity index (χ1) is 15.3. The van der Waals surface area contributed by atoms with Gasteiger partial charge in [-0.25, -0.2) is 4.68 Å². The van der Waals surface area contributed by atoms with Crippen molar-refractivity contribution < 1.29 is 22.7 Å². The number of hydrogen-bond donors (Lipinski definition) is 1. The van der Waals surface area contributed by atoms with E-state index in [9.17, 15) is 18.0 Å². The van der Waals surface area contributed by atoms with Crippen LogP contribution in [0, 0.1) is 0 Å². The molecule has 0 fully saturated rings. The average Bonchev–Trinajstić information content (AvgIpc) is 3.22. The highest BCUT2D eigenvalue weighted by Crippen LogP contribution is 2.44. The van der Waals surface area contributed by atoms with Crippen LogP contribution >= 0.6 is 0 Å². The summed E-state index contributed by atoms with van der Waals surface area (Å²) < 4.78 is 46.4. The topological polar surface area (TPSA) is 69.0 Å². The third-order valence-electron chi connectivity index (χ3n) is 5.88. The van der Waals surface area contributed by atoms with Gasteiger partial charge in [0.1, 0.15) is 11.8 Å². The van der Waals surface area contributed by atoms with Crippen molar-refractivity contribution in [2.45, 2.75) is 31.0 Å². The van der Waals surface area contributed by atoms with E-state index in [1.165, 1.54) is 4.68 Å². The van der Waals surface area contributed by atoms with Crippen LogP contribution in [-0.4, -0.2) is 27.7 Å². The maximum absolute atomic E-state index is 13.3. The summed E-state index contributed by atoms with van der Waals surface area (Å²) in [6.07, 6.45) is -3.96. The van der Waals surface area contributed by atoms with E-state index < -0.39 is 18.0 Å². The molecular weight excluding hydrogens is 421 g/mol. The molecule has 2 aromatic carbocycles. The normalized spacial score (nSPS) is 20.4. The number of halogens is 3. The number of alkyl halides is 3. The zero-order valence-electron chi connectivity index (χ0n) is 17.1. The average molecular weight is 440 g/mol. The highest BCUT2D eigenvalue weighted by molar-refractivity contribution is 6.00. The van der Waals surface area contributed by atoms with E-state index >= 15 is 0 Å². The lowest BCUT2D eigenvalue weighted by Crippen LogP contribution is -2.33. The number of nitrogens with one attached hydrogen (secondary N) is 1. The number of rotatable bonds is 3. The highest BCUT2D eigenvalue weighted by atomic mass is 19.4. The molecule has 164 valence electrons. The zero-order chi connectivity index (χ0) is 22.5. The Balaban J connectivity index is 1.58. The lowest BCUT2D eigenvalue weighted by Gasteiger charge is -2.35. The number of nitrogens with zero attached hydrogens (tertiary/aromatic N) is 3. The van der Waals surface area contributed by atoms with Crippen molar-refractivity contribution in [1.29, 1.82) is 0 Å². The van der Waals surface area contributed by atoms with Crippen LogP contribution in [0.3, 0.4) is 0 Å². The molecule has 0 saturated heterocycles. The first-order valence-corrected chi connectivity index (χ1v) is 10.1. The minimum absolute atomic E-state index is 0.0203. The lowest BCUT2D eigenvalue weighted by atomic mass is 9.78. The Morgan fingerprint density at radius 1 is 1.03 bits per heavy atom. The summed E-state index contributed by atoms with van der Waals surface area (Å²) in [7, 11) is 1.58. The van der Waals surface area contributed by atoms with Gasteiger partial charge in [-0.05, 0) is 35.6 Å². The number of Topliss-reactive ketones (excluding diaryl/α,β-unsaturated/α-hetero) is 1. The number of carbonyl (C=O) groups is 1. The number of methoxy groups -OCH3 is 1. The second-order valence-electron chi connectivity index (χ2n) is 7.83. The van der Waals surface area contributed by atoms with Crippen LogP contribution < -0.4 is 10.1 Å². The lowest BCUT2D eigenvalue weighted by molar-refractivity contribution is -0.145. The smallest absolute Gasteiger partial charge is 0.453 e. The molecule has 1 N–H and O–H groups in total. The zero-order valence-corrected chi connectivity index (χ0v) is 17.1. The summed E-state index contributed by atoms with van der Waals surface area (Å²) in [4.78, 5) is 17.0. The van der Waals surface area contributed by atoms with E-state index in [1.807, 2.05) is 30.3 Å². The molecular formula is C23H19F3N4O2. The fourth-order valence-corrected chi connectivity index (χ4v) is 4.39. The maximum atomic E-state index is 13.3. The van der Waals surface area contributed by atoms with Gasteiger partial charge >= 0.3 is 6.18 Å². The van der Waals surface area contributed by atoms with Gasteiger partial charge in [-0.2, -0.15) is 18.2 Å². The second-order valence-corrected chi connectivity index (χ2v) is 7.83. The molecule has 32 heavy (non-hydrogen) atoms. The van der Waals surface area contributed by atoms with E-state index in [2.05, 4.69) is 15.4 Å². The summed E-state index contributed by atoms with van der Waals surface area (Å²) in [6.45, 7) is 0. The molecule has 1 aliphatic heterocycles. The largest absolute Gasteiger partial charge is 0.497 e. The van der Waals surface area contributed by atoms with Crippen molar-refractivity contribution >= 4 is 11.7 Å². The third-order valence-corrected chi connectivity index (χ3v) is 5.88. The molecule has 0 saturated carbocycles. The minimum Gasteiger partial charge on any atom is -0.497 e. The Hall–Kier alpha value is -3.62. The number of carbonyl (C=O) groups excluding carboxylic acids is 1. The van der Waals surface area contributed by atoms with Gasteiger partial charge in [-0.3, -0.25) is 4.79 Å². The quantitative estimate of drug-likeness (QED) is 0.638. The molecule has 2 heterocycles. The first-order valence-electron chi connectivity index (χ1n) is 10.1. The van der Waals surface area contributed by atoms with Gasteiger partial charge in [-0.15, -0.1) is 5.10 Å². The third kappa shape index (κ3) is 3.43. The Morgan fingerprint density at radius 2 is 1.75 bits per heavy atom. The van der Waals surface area contributed by atoms with E-state index in [-0.39, 0.29) is 24.1 Å². The number of aromatic nitrogens is 3. The fourth-order valence-electron chi connectivity index (χ4n) is 4.39. The Kier molecular flexibility index (Phi) is 4.76. The molecule has 0 amide bonds. The van der Waals surface area contributed by atoms with Crippen molar-refractivity contribution in [3.05, 3.63) is 82.8 Å². The molecule has 1 aliphatic carbocycles. The van der Waals surface area contributed by atoms with E-state index in [0.717, 1.165) is 5.56 Å². The Bertz CT molecular complexity index is 1200. The Morgan fingerprint density at radius 3 is 2.41 bits per heavy atom. The van der Waals surface area contributed by atoms with Crippen molar-refractivity contribution in [2.75, 3.05) is 12.4 Å². The number of benzene rings is 2. The van der Waals surface area contributed by atoms with Crippen LogP contribution in [0.25, 0.3) is 0 Å². The van der Waals surface area contributed by atoms with Crippen LogP contribution in [0.2, 0.25) is 0 Å². The molecule has 0 bridgehead atoms. The molecule has 2 atom stereocenters. The maximum Gasteiger partial charge on any atom is 0.453 e. The summed E-state index contributed by atoms with van der Waals surface area (Å²) in [6, 6.07) is 15.6. The van der Waals surface area contributed by atoms with Gasteiger partial charge in [0, 0.05) is 17.7 Å². The van der Waals surface area contributed by atoms with Crippen LogP contribution in [0.4, 0.5) is 19.1 Å². The van der Waals surface area contributed by atoms with Gasteiger partial charge < -0.3 is 10.1 Å². The fraction of sp³-hybridized carbons (Fsp3) is 0.261. The molecule has 0 spiro atoms. The molecule has 0 radical (unpaired) electrons. The number of ketones is 1. The Labute approximate surface area is 181 Å². The SMILES string of the molecule is COc1ccc([C@H]2CC(=O)C3=C(C2)Nc2nc(C(F)(F)F)nn2[C@H]3c2ccccc2)cc1. The number of ether oxygens (including phenoxy) is 1. The molecule has 2 aliphatic rings. The van der Waals surface area contributed by atoms with Gasteiger partial charge in [0.15, 0.2) is 5.78 Å². The molecule has 6 nitrogen and oxygen atoms in total. The number of anilines is 1. The molecule has 1 aromatic heterocycles. The van der Waals surface area contributed by atoms with E-state index in [0.29, 0.717) is 29.0 Å². The van der Waals surface area contributed by atoms with Crippen molar-refractivity contribution in [2.24, 2.45) is 0 Å². The van der Waals surface area contributed by atoms with Gasteiger partial charge in [-0.1, -0.05) is 42.5 Å². The van der Waals surface area contributed by atoms with E-state index in [1.54, 1.807) is 31.4 Å². The second kappa shape index (κ2) is 7.51. The molecule has 0 unspecified atom stereocenters. The van der Waals surface area contributed by atoms with Crippen LogP contribution in [-0.2, 0) is 11.0 Å². The van der Waals surface area contributed by atoms with Crippen molar-refractivity contribution in [3.8, 4) is 5.75 Å². The number of fused-ring (bicyclic) bond motifs is 1. The van der Waals surface area contributed by atoms with E-state index in [4.69, 9.17) is 4.74 Å². The van der Waals surface area contributed by atoms with Gasteiger partial charge in [0.05, 0.1) is 7.11 Å². The highest BCUT2D eigenvalue weighted by Gasteiger charge is 2.43. The standard InChI is InChI=1S/C23H19F3N4O2/c1-32-16-9-7-13(8-10-16)15-11-17-19(18(31)12-15)20(14-5-3-2-4-6-14)30-22(27-17)28-21(29-30)23(24,25)26/h2-10,15,20H,11-12H2,1H3,(H,27,28,29)/t15-,20+/m1/s1. The summed E-state index contributed by atoms with van der Waals surface area (Å²) in [5.74, 6) is -0.771. The summed E-state index contributed by atoms with van der Waals surface area (Å²) in [5, 5.41) is 6.69. The number of hydrogen-bond acceptors (Lipinski definition) is 5. The van der Waals surface area contributed by atoms with Crippen molar-refractivity contribution in [3.63, 3.8) is 0 Å². The number of allylic oxidation sites excluding steroid dienone is 2. The minimum atomic E-state index is -4.69. The monoisotopic (exact) mass is 440 g/mol.